The zero-order valence-corrected chi connectivity index (χ0v) is 10.4. The lowest BCUT2D eigenvalue weighted by Crippen LogP contribution is -1.87. The fourth-order valence-corrected chi connectivity index (χ4v) is 2.40. The molecule has 0 aliphatic carbocycles. The number of aromatic nitrogens is 2. The number of hydrogen-bond acceptors (Lipinski definition) is 3. The van der Waals surface area contributed by atoms with E-state index >= 15 is 0 Å². The number of halogens is 1. The summed E-state index contributed by atoms with van der Waals surface area (Å²) in [5, 5.41) is 16.0. The molecule has 0 saturated carbocycles. The third kappa shape index (κ3) is 1.79. The number of nitrogens with zero attached hydrogens (tertiary/aromatic N) is 1. The highest BCUT2D eigenvalue weighted by Crippen LogP contribution is 2.38. The van der Waals surface area contributed by atoms with Crippen LogP contribution in [0.3, 0.4) is 0 Å². The Morgan fingerprint density at radius 3 is 2.75 bits per heavy atom. The molecule has 0 spiro atoms. The third-order valence-corrected chi connectivity index (χ3v) is 3.52. The summed E-state index contributed by atoms with van der Waals surface area (Å²) in [5.41, 5.74) is 3.37. The molecule has 1 saturated heterocycles. The average molecular weight is 270 g/mol. The molecule has 4 rings (SSSR count). The summed E-state index contributed by atoms with van der Waals surface area (Å²) in [6.07, 6.45) is -0.955. The highest BCUT2D eigenvalue weighted by Gasteiger charge is 2.38. The third-order valence-electron chi connectivity index (χ3n) is 3.52. The number of ether oxygens (including phenoxy) is 1. The SMILES string of the molecule is OC1OC1c1cccc(-c2ccc3n[nH]c(F)c3c2)c1. The molecule has 2 aromatic carbocycles. The van der Waals surface area contributed by atoms with Crippen molar-refractivity contribution in [3.63, 3.8) is 0 Å². The maximum Gasteiger partial charge on any atom is 0.216 e. The number of rotatable bonds is 2. The lowest BCUT2D eigenvalue weighted by Gasteiger charge is -2.04. The number of benzene rings is 2. The largest absolute Gasteiger partial charge is 0.366 e. The van der Waals surface area contributed by atoms with Gasteiger partial charge in [0.25, 0.3) is 0 Å². The second-order valence-electron chi connectivity index (χ2n) is 4.84. The van der Waals surface area contributed by atoms with Gasteiger partial charge in [-0.2, -0.15) is 9.49 Å². The summed E-state index contributed by atoms with van der Waals surface area (Å²) < 4.78 is 18.6. The van der Waals surface area contributed by atoms with Gasteiger partial charge < -0.3 is 9.84 Å². The number of nitrogens with one attached hydrogen (secondary N) is 1. The van der Waals surface area contributed by atoms with Crippen LogP contribution in [0.2, 0.25) is 0 Å². The van der Waals surface area contributed by atoms with E-state index in [-0.39, 0.29) is 6.10 Å². The summed E-state index contributed by atoms with van der Waals surface area (Å²) in [6.45, 7) is 0. The molecule has 4 nitrogen and oxygen atoms in total. The second-order valence-corrected chi connectivity index (χ2v) is 4.84. The van der Waals surface area contributed by atoms with Gasteiger partial charge in [0.1, 0.15) is 6.10 Å². The van der Waals surface area contributed by atoms with Gasteiger partial charge in [-0.15, -0.1) is 0 Å². The Morgan fingerprint density at radius 2 is 1.95 bits per heavy atom. The second kappa shape index (κ2) is 4.13. The lowest BCUT2D eigenvalue weighted by molar-refractivity contribution is 0.156. The van der Waals surface area contributed by atoms with Crippen LogP contribution in [0.5, 0.6) is 0 Å². The van der Waals surface area contributed by atoms with E-state index < -0.39 is 12.2 Å². The Bertz CT molecular complexity index is 799. The van der Waals surface area contributed by atoms with Crippen molar-refractivity contribution in [2.45, 2.75) is 12.4 Å². The zero-order valence-electron chi connectivity index (χ0n) is 10.4. The van der Waals surface area contributed by atoms with Crippen LogP contribution in [0.4, 0.5) is 4.39 Å². The molecule has 0 radical (unpaired) electrons. The van der Waals surface area contributed by atoms with E-state index in [1.165, 1.54) is 0 Å². The molecule has 3 aromatic rings. The number of aromatic amines is 1. The molecule has 1 fully saturated rings. The number of aliphatic hydroxyl groups is 1. The van der Waals surface area contributed by atoms with E-state index in [9.17, 15) is 9.50 Å². The van der Waals surface area contributed by atoms with Crippen LogP contribution in [-0.2, 0) is 4.74 Å². The molecule has 5 heteroatoms. The van der Waals surface area contributed by atoms with Gasteiger partial charge in [0.15, 0.2) is 6.29 Å². The molecule has 2 N–H and O–H groups in total. The normalized spacial score (nSPS) is 21.3. The van der Waals surface area contributed by atoms with Crippen LogP contribution in [0.25, 0.3) is 22.0 Å². The molecular weight excluding hydrogens is 259 g/mol. The topological polar surface area (TPSA) is 61.4 Å². The monoisotopic (exact) mass is 270 g/mol. The number of epoxide rings is 1. The first-order valence-electron chi connectivity index (χ1n) is 6.30. The molecule has 20 heavy (non-hydrogen) atoms. The highest BCUT2D eigenvalue weighted by atomic mass is 19.1. The van der Waals surface area contributed by atoms with Crippen LogP contribution in [0.15, 0.2) is 42.5 Å². The van der Waals surface area contributed by atoms with E-state index in [0.29, 0.717) is 10.9 Å². The molecule has 1 aromatic heterocycles. The molecule has 100 valence electrons. The fraction of sp³-hybridized carbons (Fsp3) is 0.133. The summed E-state index contributed by atoms with van der Waals surface area (Å²) >= 11 is 0. The summed E-state index contributed by atoms with van der Waals surface area (Å²) in [7, 11) is 0. The molecular formula is C15H11FN2O2. The van der Waals surface area contributed by atoms with Crippen molar-refractivity contribution in [3.8, 4) is 11.1 Å². The Hall–Kier alpha value is -2.24. The van der Waals surface area contributed by atoms with Gasteiger partial charge in [-0.25, -0.2) is 0 Å². The van der Waals surface area contributed by atoms with Crippen molar-refractivity contribution in [1.82, 2.24) is 10.2 Å². The maximum absolute atomic E-state index is 13.5. The highest BCUT2D eigenvalue weighted by molar-refractivity contribution is 5.84. The van der Waals surface area contributed by atoms with Crippen molar-refractivity contribution >= 4 is 10.9 Å². The molecule has 2 unspecified atom stereocenters. The van der Waals surface area contributed by atoms with Crippen LogP contribution >= 0.6 is 0 Å². The minimum atomic E-state index is -0.709. The van der Waals surface area contributed by atoms with E-state index in [0.717, 1.165) is 16.7 Å². The van der Waals surface area contributed by atoms with Crippen molar-refractivity contribution in [2.75, 3.05) is 0 Å². The van der Waals surface area contributed by atoms with E-state index in [4.69, 9.17) is 4.74 Å². The van der Waals surface area contributed by atoms with Crippen molar-refractivity contribution in [1.29, 1.82) is 0 Å². The molecule has 1 aliphatic heterocycles. The van der Waals surface area contributed by atoms with Gasteiger partial charge in [0.2, 0.25) is 5.95 Å². The Kier molecular flexibility index (Phi) is 2.39. The van der Waals surface area contributed by atoms with Crippen LogP contribution < -0.4 is 0 Å². The number of hydrogen-bond donors (Lipinski definition) is 2. The molecule has 2 heterocycles. The minimum absolute atomic E-state index is 0.246. The standard InChI is InChI=1S/C15H11FN2O2/c16-14-11-7-9(4-5-12(11)17-18-14)8-2-1-3-10(6-8)13-15(19)20-13/h1-7,13,15,19H,(H,17,18). The Labute approximate surface area is 113 Å². The van der Waals surface area contributed by atoms with Gasteiger partial charge in [-0.3, -0.25) is 5.10 Å². The summed E-state index contributed by atoms with van der Waals surface area (Å²) in [4.78, 5) is 0. The minimum Gasteiger partial charge on any atom is -0.366 e. The average Bonchev–Trinajstić information content (AvgIpc) is 3.10. The van der Waals surface area contributed by atoms with E-state index in [2.05, 4.69) is 10.2 Å². The lowest BCUT2D eigenvalue weighted by atomic mass is 10.0. The summed E-state index contributed by atoms with van der Waals surface area (Å²) in [6, 6.07) is 13.1. The van der Waals surface area contributed by atoms with Gasteiger partial charge in [0, 0.05) is 0 Å². The van der Waals surface area contributed by atoms with Crippen LogP contribution in [0.1, 0.15) is 11.7 Å². The molecule has 0 bridgehead atoms. The predicted molar refractivity (Wildman–Crippen MR) is 71.3 cm³/mol. The number of fused-ring (bicyclic) bond motifs is 1. The van der Waals surface area contributed by atoms with Gasteiger partial charge >= 0.3 is 0 Å². The fourth-order valence-electron chi connectivity index (χ4n) is 2.40. The van der Waals surface area contributed by atoms with Crippen molar-refractivity contribution in [3.05, 3.63) is 54.0 Å². The van der Waals surface area contributed by atoms with E-state index in [1.54, 1.807) is 12.1 Å². The van der Waals surface area contributed by atoms with Crippen LogP contribution in [-0.4, -0.2) is 21.6 Å². The quantitative estimate of drug-likeness (QED) is 0.704. The molecule has 0 amide bonds. The van der Waals surface area contributed by atoms with Gasteiger partial charge in [0.05, 0.1) is 10.9 Å². The Balaban J connectivity index is 1.80. The first kappa shape index (κ1) is 11.6. The Morgan fingerprint density at radius 1 is 1.15 bits per heavy atom. The smallest absolute Gasteiger partial charge is 0.216 e. The predicted octanol–water partition coefficient (Wildman–Crippen LogP) is 2.76. The first-order valence-corrected chi connectivity index (χ1v) is 6.30. The maximum atomic E-state index is 13.5. The van der Waals surface area contributed by atoms with E-state index in [1.807, 2.05) is 30.3 Å². The first-order chi connectivity index (χ1) is 9.72. The summed E-state index contributed by atoms with van der Waals surface area (Å²) in [5.74, 6) is -0.432. The van der Waals surface area contributed by atoms with Crippen molar-refractivity contribution < 1.29 is 14.2 Å². The van der Waals surface area contributed by atoms with Gasteiger partial charge in [-0.05, 0) is 34.9 Å². The molecule has 2 atom stereocenters. The number of aliphatic hydroxyl groups excluding tert-OH is 1. The molecule has 1 aliphatic rings. The van der Waals surface area contributed by atoms with Gasteiger partial charge in [-0.1, -0.05) is 24.3 Å². The van der Waals surface area contributed by atoms with Crippen LogP contribution in [0, 0.1) is 5.95 Å². The van der Waals surface area contributed by atoms with Crippen molar-refractivity contribution in [2.24, 2.45) is 0 Å². The number of H-pyrrole nitrogens is 1. The zero-order chi connectivity index (χ0) is 13.7.